The molecule has 0 spiro atoms. The minimum atomic E-state index is -3.91. The number of oxazole rings is 1. The molecule has 1 N–H and O–H groups in total. The van der Waals surface area contributed by atoms with Gasteiger partial charge in [0.2, 0.25) is 0 Å². The van der Waals surface area contributed by atoms with Crippen LogP contribution in [0.4, 0.5) is 5.69 Å². The summed E-state index contributed by atoms with van der Waals surface area (Å²) < 4.78 is 45.8. The highest BCUT2D eigenvalue weighted by atomic mass is 79.9. The van der Waals surface area contributed by atoms with E-state index >= 15 is 0 Å². The predicted molar refractivity (Wildman–Crippen MR) is 97.4 cm³/mol. The molecular formula is C16H13BrN2O6S. The molecule has 2 heterocycles. The molecule has 0 fully saturated rings. The molecule has 8 nitrogen and oxygen atoms in total. The maximum Gasteiger partial charge on any atom is 0.419 e. The molecule has 10 heteroatoms. The van der Waals surface area contributed by atoms with E-state index in [1.165, 1.54) is 22.8 Å². The lowest BCUT2D eigenvalue weighted by atomic mass is 10.2. The molecule has 1 aliphatic heterocycles. The highest BCUT2D eigenvalue weighted by Crippen LogP contribution is 2.39. The molecule has 136 valence electrons. The van der Waals surface area contributed by atoms with Gasteiger partial charge in [0, 0.05) is 29.7 Å². The molecule has 26 heavy (non-hydrogen) atoms. The van der Waals surface area contributed by atoms with Gasteiger partial charge in [0.15, 0.2) is 17.1 Å². The van der Waals surface area contributed by atoms with Crippen LogP contribution in [0.5, 0.6) is 11.5 Å². The quantitative estimate of drug-likeness (QED) is 0.671. The van der Waals surface area contributed by atoms with E-state index in [2.05, 4.69) is 20.7 Å². The van der Waals surface area contributed by atoms with Crippen molar-refractivity contribution in [3.05, 3.63) is 45.4 Å². The van der Waals surface area contributed by atoms with Crippen LogP contribution in [-0.4, -0.2) is 26.2 Å². The standard InChI is InChI=1S/C16H13BrN2O6S/c1-19-12-3-2-9(6-13(12)25-16(19)20)26(21,22)18-11-8-15-14(7-10(11)17)23-4-5-24-15/h2-3,6-8,18H,4-5H2,1H3. The number of anilines is 1. The minimum absolute atomic E-state index is 0.0267. The number of ether oxygens (including phenoxy) is 2. The highest BCUT2D eigenvalue weighted by molar-refractivity contribution is 9.10. The third-order valence-electron chi connectivity index (χ3n) is 3.95. The molecule has 3 aromatic rings. The topological polar surface area (TPSA) is 99.8 Å². The monoisotopic (exact) mass is 440 g/mol. The first-order valence-corrected chi connectivity index (χ1v) is 9.84. The van der Waals surface area contributed by atoms with E-state index in [9.17, 15) is 13.2 Å². The second-order valence-electron chi connectivity index (χ2n) is 5.64. The molecule has 0 amide bonds. The number of aryl methyl sites for hydroxylation is 1. The molecule has 1 aromatic heterocycles. The first-order valence-electron chi connectivity index (χ1n) is 7.57. The van der Waals surface area contributed by atoms with Crippen molar-refractivity contribution in [2.24, 2.45) is 7.05 Å². The summed E-state index contributed by atoms with van der Waals surface area (Å²) in [6, 6.07) is 7.44. The summed E-state index contributed by atoms with van der Waals surface area (Å²) in [4.78, 5) is 11.5. The Balaban J connectivity index is 1.72. The molecule has 2 aromatic carbocycles. The van der Waals surface area contributed by atoms with Gasteiger partial charge in [0.25, 0.3) is 10.0 Å². The lowest BCUT2D eigenvalue weighted by Crippen LogP contribution is -2.17. The van der Waals surface area contributed by atoms with E-state index < -0.39 is 15.8 Å². The fraction of sp³-hybridized carbons (Fsp3) is 0.188. The molecule has 0 saturated carbocycles. The maximum absolute atomic E-state index is 12.7. The van der Waals surface area contributed by atoms with Crippen molar-refractivity contribution in [1.29, 1.82) is 0 Å². The van der Waals surface area contributed by atoms with Crippen LogP contribution in [0.15, 0.2) is 48.9 Å². The number of hydrogen-bond donors (Lipinski definition) is 1. The summed E-state index contributed by atoms with van der Waals surface area (Å²) in [5.41, 5.74) is 1.01. The predicted octanol–water partition coefficient (Wildman–Crippen LogP) is 2.47. The summed E-state index contributed by atoms with van der Waals surface area (Å²) in [6.45, 7) is 0.831. The van der Waals surface area contributed by atoms with E-state index in [0.29, 0.717) is 40.4 Å². The van der Waals surface area contributed by atoms with Gasteiger partial charge in [-0.1, -0.05) is 0 Å². The van der Waals surface area contributed by atoms with E-state index in [1.807, 2.05) is 0 Å². The van der Waals surface area contributed by atoms with Crippen LogP contribution in [0, 0.1) is 0 Å². The largest absolute Gasteiger partial charge is 0.486 e. The van der Waals surface area contributed by atoms with Crippen LogP contribution in [0.3, 0.4) is 0 Å². The molecule has 1 aliphatic rings. The molecular weight excluding hydrogens is 428 g/mol. The van der Waals surface area contributed by atoms with Gasteiger partial charge in [-0.15, -0.1) is 0 Å². The number of nitrogens with one attached hydrogen (secondary N) is 1. The van der Waals surface area contributed by atoms with Crippen molar-refractivity contribution >= 4 is 42.7 Å². The first-order chi connectivity index (χ1) is 12.3. The average molecular weight is 441 g/mol. The number of hydrogen-bond acceptors (Lipinski definition) is 6. The van der Waals surface area contributed by atoms with E-state index in [-0.39, 0.29) is 10.5 Å². The van der Waals surface area contributed by atoms with Gasteiger partial charge in [0.1, 0.15) is 13.2 Å². The molecule has 0 atom stereocenters. The third-order valence-corrected chi connectivity index (χ3v) is 5.97. The van der Waals surface area contributed by atoms with Crippen LogP contribution in [0.1, 0.15) is 0 Å². The van der Waals surface area contributed by atoms with Crippen molar-refractivity contribution in [1.82, 2.24) is 4.57 Å². The Labute approximate surface area is 156 Å². The Bertz CT molecular complexity index is 1180. The normalized spacial score (nSPS) is 13.8. The molecule has 0 aliphatic carbocycles. The van der Waals surface area contributed by atoms with Gasteiger partial charge < -0.3 is 13.9 Å². The van der Waals surface area contributed by atoms with Gasteiger partial charge in [0.05, 0.1) is 16.1 Å². The summed E-state index contributed by atoms with van der Waals surface area (Å²) in [6.07, 6.45) is 0. The van der Waals surface area contributed by atoms with Gasteiger partial charge in [-0.2, -0.15) is 0 Å². The Hall–Kier alpha value is -2.46. The van der Waals surface area contributed by atoms with Crippen molar-refractivity contribution < 1.29 is 22.3 Å². The Morgan fingerprint density at radius 1 is 1.12 bits per heavy atom. The van der Waals surface area contributed by atoms with Crippen molar-refractivity contribution in [2.75, 3.05) is 17.9 Å². The zero-order chi connectivity index (χ0) is 18.5. The van der Waals surface area contributed by atoms with E-state index in [0.717, 1.165) is 0 Å². The second kappa shape index (κ2) is 6.06. The zero-order valence-electron chi connectivity index (χ0n) is 13.5. The summed E-state index contributed by atoms with van der Waals surface area (Å²) >= 11 is 3.33. The van der Waals surface area contributed by atoms with Crippen LogP contribution in [0.25, 0.3) is 11.1 Å². The number of halogens is 1. The number of fused-ring (bicyclic) bond motifs is 2. The van der Waals surface area contributed by atoms with E-state index in [4.69, 9.17) is 13.9 Å². The molecule has 4 rings (SSSR count). The Morgan fingerprint density at radius 2 is 1.81 bits per heavy atom. The third kappa shape index (κ3) is 2.84. The summed E-state index contributed by atoms with van der Waals surface area (Å²) in [7, 11) is -2.36. The van der Waals surface area contributed by atoms with Crippen molar-refractivity contribution in [3.63, 3.8) is 0 Å². The van der Waals surface area contributed by atoms with Crippen LogP contribution in [-0.2, 0) is 17.1 Å². The van der Waals surface area contributed by atoms with Gasteiger partial charge in [-0.25, -0.2) is 13.2 Å². The highest BCUT2D eigenvalue weighted by Gasteiger charge is 2.21. The molecule has 0 bridgehead atoms. The molecule has 0 saturated heterocycles. The SMILES string of the molecule is Cn1c(=O)oc2cc(S(=O)(=O)Nc3cc4c(cc3Br)OCCO4)ccc21. The van der Waals surface area contributed by atoms with Gasteiger partial charge in [-0.05, 0) is 28.1 Å². The van der Waals surface area contributed by atoms with Crippen molar-refractivity contribution in [2.45, 2.75) is 4.90 Å². The van der Waals surface area contributed by atoms with E-state index in [1.54, 1.807) is 19.2 Å². The summed E-state index contributed by atoms with van der Waals surface area (Å²) in [5.74, 6) is 0.442. The Morgan fingerprint density at radius 3 is 2.54 bits per heavy atom. The lowest BCUT2D eigenvalue weighted by Gasteiger charge is -2.20. The average Bonchev–Trinajstić information content (AvgIpc) is 2.89. The number of nitrogens with zero attached hydrogens (tertiary/aromatic N) is 1. The number of aromatic nitrogens is 1. The molecule has 0 radical (unpaired) electrons. The Kier molecular flexibility index (Phi) is 3.96. The maximum atomic E-state index is 12.7. The van der Waals surface area contributed by atoms with Crippen LogP contribution >= 0.6 is 15.9 Å². The lowest BCUT2D eigenvalue weighted by molar-refractivity contribution is 0.171. The van der Waals surface area contributed by atoms with Gasteiger partial charge in [-0.3, -0.25) is 9.29 Å². The van der Waals surface area contributed by atoms with Crippen LogP contribution in [0.2, 0.25) is 0 Å². The molecule has 0 unspecified atom stereocenters. The summed E-state index contributed by atoms with van der Waals surface area (Å²) in [5, 5.41) is 0. The van der Waals surface area contributed by atoms with Gasteiger partial charge >= 0.3 is 5.76 Å². The van der Waals surface area contributed by atoms with Crippen molar-refractivity contribution in [3.8, 4) is 11.5 Å². The number of sulfonamides is 1. The van der Waals surface area contributed by atoms with Crippen LogP contribution < -0.4 is 20.0 Å². The number of rotatable bonds is 3. The number of benzene rings is 2. The minimum Gasteiger partial charge on any atom is -0.486 e. The zero-order valence-corrected chi connectivity index (χ0v) is 15.9. The fourth-order valence-corrected chi connectivity index (χ4v) is 4.27. The smallest absolute Gasteiger partial charge is 0.419 e. The second-order valence-corrected chi connectivity index (χ2v) is 8.17. The fourth-order valence-electron chi connectivity index (χ4n) is 2.63. The first kappa shape index (κ1) is 17.0.